The molecule has 0 unspecified atom stereocenters. The van der Waals surface area contributed by atoms with Gasteiger partial charge >= 0.3 is 0 Å². The molecule has 0 aliphatic carbocycles. The summed E-state index contributed by atoms with van der Waals surface area (Å²) in [6.45, 7) is 0.643. The number of halogens is 2. The van der Waals surface area contributed by atoms with Crippen LogP contribution in [0, 0.1) is 11.6 Å². The maximum absolute atomic E-state index is 13.4. The predicted molar refractivity (Wildman–Crippen MR) is 70.0 cm³/mol. The van der Waals surface area contributed by atoms with Crippen molar-refractivity contribution in [2.45, 2.75) is 31.5 Å². The second-order valence-electron chi connectivity index (χ2n) is 4.81. The fourth-order valence-corrected chi connectivity index (χ4v) is 2.25. The molecule has 1 aromatic rings. The van der Waals surface area contributed by atoms with Gasteiger partial charge in [0.2, 0.25) is 5.91 Å². The molecule has 1 aliphatic rings. The predicted octanol–water partition coefficient (Wildman–Crippen LogP) is 1.13. The number of hydrogen-bond acceptors (Lipinski definition) is 3. The van der Waals surface area contributed by atoms with Crippen molar-refractivity contribution >= 4 is 5.91 Å². The van der Waals surface area contributed by atoms with Gasteiger partial charge in [0.1, 0.15) is 6.10 Å². The zero-order chi connectivity index (χ0) is 14.5. The summed E-state index contributed by atoms with van der Waals surface area (Å²) < 4.78 is 31.8. The van der Waals surface area contributed by atoms with E-state index in [9.17, 15) is 13.6 Å². The SMILES string of the molecule is NC[C@H]1CC[C@@H](C(=O)NCCc2cccc(F)c2F)O1. The largest absolute Gasteiger partial charge is 0.364 e. The Balaban J connectivity index is 1.78. The first kappa shape index (κ1) is 14.9. The molecule has 0 saturated carbocycles. The zero-order valence-electron chi connectivity index (χ0n) is 11.1. The Kier molecular flexibility index (Phi) is 5.03. The lowest BCUT2D eigenvalue weighted by atomic mass is 10.1. The van der Waals surface area contributed by atoms with E-state index in [2.05, 4.69) is 5.32 Å². The van der Waals surface area contributed by atoms with E-state index >= 15 is 0 Å². The molecule has 20 heavy (non-hydrogen) atoms. The highest BCUT2D eigenvalue weighted by Crippen LogP contribution is 2.18. The summed E-state index contributed by atoms with van der Waals surface area (Å²) in [5.74, 6) is -1.96. The van der Waals surface area contributed by atoms with Gasteiger partial charge in [-0.2, -0.15) is 0 Å². The standard InChI is InChI=1S/C14H18F2N2O2/c15-11-3-1-2-9(13(11)16)6-7-18-14(19)12-5-4-10(8-17)20-12/h1-3,10,12H,4-8,17H2,(H,18,19)/t10-,12+/m1/s1. The van der Waals surface area contributed by atoms with Crippen LogP contribution in [0.2, 0.25) is 0 Å². The number of benzene rings is 1. The summed E-state index contributed by atoms with van der Waals surface area (Å²) in [6.07, 6.45) is 1.10. The monoisotopic (exact) mass is 284 g/mol. The number of nitrogens with two attached hydrogens (primary N) is 1. The fourth-order valence-electron chi connectivity index (χ4n) is 2.25. The van der Waals surface area contributed by atoms with Gasteiger partial charge in [-0.3, -0.25) is 4.79 Å². The molecule has 1 heterocycles. The highest BCUT2D eigenvalue weighted by Gasteiger charge is 2.29. The molecule has 2 rings (SSSR count). The van der Waals surface area contributed by atoms with Crippen LogP contribution in [-0.4, -0.2) is 31.2 Å². The van der Waals surface area contributed by atoms with Gasteiger partial charge in [0, 0.05) is 13.1 Å². The van der Waals surface area contributed by atoms with Crippen LogP contribution in [0.15, 0.2) is 18.2 Å². The first-order chi connectivity index (χ1) is 9.61. The summed E-state index contributed by atoms with van der Waals surface area (Å²) in [5, 5.41) is 2.67. The van der Waals surface area contributed by atoms with Crippen molar-refractivity contribution in [3.05, 3.63) is 35.4 Å². The quantitative estimate of drug-likeness (QED) is 0.852. The normalized spacial score (nSPS) is 21.9. The molecular formula is C14H18F2N2O2. The van der Waals surface area contributed by atoms with Crippen molar-refractivity contribution in [3.63, 3.8) is 0 Å². The zero-order valence-corrected chi connectivity index (χ0v) is 11.1. The highest BCUT2D eigenvalue weighted by atomic mass is 19.2. The van der Waals surface area contributed by atoms with Gasteiger partial charge in [-0.05, 0) is 30.9 Å². The fraction of sp³-hybridized carbons (Fsp3) is 0.500. The van der Waals surface area contributed by atoms with E-state index in [0.29, 0.717) is 13.0 Å². The Morgan fingerprint density at radius 1 is 1.40 bits per heavy atom. The molecule has 1 aliphatic heterocycles. The Bertz CT molecular complexity index is 482. The average molecular weight is 284 g/mol. The molecule has 1 amide bonds. The van der Waals surface area contributed by atoms with E-state index in [1.165, 1.54) is 12.1 Å². The number of rotatable bonds is 5. The number of carbonyl (C=O) groups is 1. The second kappa shape index (κ2) is 6.76. The van der Waals surface area contributed by atoms with Gasteiger partial charge in [0.05, 0.1) is 6.10 Å². The summed E-state index contributed by atoms with van der Waals surface area (Å²) in [5.41, 5.74) is 5.72. The lowest BCUT2D eigenvalue weighted by Gasteiger charge is -2.12. The van der Waals surface area contributed by atoms with Crippen LogP contribution < -0.4 is 11.1 Å². The number of amides is 1. The summed E-state index contributed by atoms with van der Waals surface area (Å²) in [6, 6.07) is 4.01. The minimum atomic E-state index is -0.876. The van der Waals surface area contributed by atoms with E-state index in [1.807, 2.05) is 0 Å². The maximum Gasteiger partial charge on any atom is 0.249 e. The van der Waals surface area contributed by atoms with Crippen LogP contribution in [0.25, 0.3) is 0 Å². The Labute approximate surface area is 116 Å². The van der Waals surface area contributed by atoms with E-state index in [4.69, 9.17) is 10.5 Å². The Morgan fingerprint density at radius 3 is 2.90 bits per heavy atom. The van der Waals surface area contributed by atoms with Crippen molar-refractivity contribution in [3.8, 4) is 0 Å². The third-order valence-corrected chi connectivity index (χ3v) is 3.39. The number of nitrogens with one attached hydrogen (secondary N) is 1. The molecule has 1 saturated heterocycles. The first-order valence-electron chi connectivity index (χ1n) is 6.68. The van der Waals surface area contributed by atoms with Crippen molar-refractivity contribution in [1.82, 2.24) is 5.32 Å². The van der Waals surface area contributed by atoms with Crippen LogP contribution >= 0.6 is 0 Å². The molecule has 0 spiro atoms. The van der Waals surface area contributed by atoms with E-state index in [1.54, 1.807) is 0 Å². The van der Waals surface area contributed by atoms with Crippen LogP contribution in [0.4, 0.5) is 8.78 Å². The van der Waals surface area contributed by atoms with Crippen LogP contribution in [0.3, 0.4) is 0 Å². The van der Waals surface area contributed by atoms with Crippen LogP contribution in [0.1, 0.15) is 18.4 Å². The molecule has 1 aromatic carbocycles. The summed E-state index contributed by atoms with van der Waals surface area (Å²) in [4.78, 5) is 11.8. The molecule has 1 fully saturated rings. The number of carbonyl (C=O) groups excluding carboxylic acids is 1. The van der Waals surface area contributed by atoms with Gasteiger partial charge < -0.3 is 15.8 Å². The summed E-state index contributed by atoms with van der Waals surface area (Å²) in [7, 11) is 0. The van der Waals surface area contributed by atoms with Gasteiger partial charge in [-0.25, -0.2) is 8.78 Å². The molecule has 110 valence electrons. The Morgan fingerprint density at radius 2 is 2.20 bits per heavy atom. The smallest absolute Gasteiger partial charge is 0.249 e. The Hall–Kier alpha value is -1.53. The average Bonchev–Trinajstić information content (AvgIpc) is 2.92. The molecular weight excluding hydrogens is 266 g/mol. The molecule has 0 radical (unpaired) electrons. The lowest BCUT2D eigenvalue weighted by molar-refractivity contribution is -0.131. The van der Waals surface area contributed by atoms with Gasteiger partial charge in [0.15, 0.2) is 11.6 Å². The third-order valence-electron chi connectivity index (χ3n) is 3.39. The maximum atomic E-state index is 13.4. The molecule has 4 nitrogen and oxygen atoms in total. The second-order valence-corrected chi connectivity index (χ2v) is 4.81. The van der Waals surface area contributed by atoms with E-state index < -0.39 is 17.7 Å². The third kappa shape index (κ3) is 3.52. The lowest BCUT2D eigenvalue weighted by Crippen LogP contribution is -2.36. The topological polar surface area (TPSA) is 64.4 Å². The number of ether oxygens (including phenoxy) is 1. The highest BCUT2D eigenvalue weighted by molar-refractivity contribution is 5.81. The van der Waals surface area contributed by atoms with Crippen LogP contribution in [0.5, 0.6) is 0 Å². The van der Waals surface area contributed by atoms with Crippen molar-refractivity contribution in [2.75, 3.05) is 13.1 Å². The van der Waals surface area contributed by atoms with Crippen LogP contribution in [-0.2, 0) is 16.0 Å². The van der Waals surface area contributed by atoms with Crippen molar-refractivity contribution < 1.29 is 18.3 Å². The van der Waals surface area contributed by atoms with E-state index in [-0.39, 0.29) is 30.5 Å². The van der Waals surface area contributed by atoms with Gasteiger partial charge in [-0.1, -0.05) is 12.1 Å². The molecule has 6 heteroatoms. The van der Waals surface area contributed by atoms with Crippen molar-refractivity contribution in [2.24, 2.45) is 5.73 Å². The molecule has 0 bridgehead atoms. The first-order valence-corrected chi connectivity index (χ1v) is 6.68. The van der Waals surface area contributed by atoms with E-state index in [0.717, 1.165) is 12.5 Å². The minimum absolute atomic E-state index is 0.0635. The van der Waals surface area contributed by atoms with Gasteiger partial charge in [-0.15, -0.1) is 0 Å². The molecule has 3 N–H and O–H groups in total. The summed E-state index contributed by atoms with van der Waals surface area (Å²) >= 11 is 0. The van der Waals surface area contributed by atoms with Gasteiger partial charge in [0.25, 0.3) is 0 Å². The number of hydrogen-bond donors (Lipinski definition) is 2. The van der Waals surface area contributed by atoms with Crippen molar-refractivity contribution in [1.29, 1.82) is 0 Å². The minimum Gasteiger partial charge on any atom is -0.364 e. The molecule has 0 aromatic heterocycles. The molecule has 2 atom stereocenters.